The number of unbranched alkanes of at least 4 members (excludes halogenated alkanes) is 1. The molecule has 0 spiro atoms. The number of carbonyl (C=O) groups excluding carboxylic acids is 1. The standard InChI is InChI=1S/C28H35N3O4S/c1-6-7-12-25(32)31(26(18(2)3)28(33)34)17-21-13-15-22(16-14-21)23-10-8-9-11-24(23)36-30-27-19(4)20(5)29-35-27/h8-11,13-16,18,26,30H,6-7,12,17H2,1-5H3,(H,33,34). The Labute approximate surface area is 217 Å². The molecule has 0 fully saturated rings. The molecule has 1 aromatic heterocycles. The van der Waals surface area contributed by atoms with E-state index in [2.05, 4.69) is 15.9 Å². The Balaban J connectivity index is 1.80. The number of nitrogens with one attached hydrogen (secondary N) is 1. The zero-order valence-electron chi connectivity index (χ0n) is 21.6. The largest absolute Gasteiger partial charge is 0.480 e. The van der Waals surface area contributed by atoms with Crippen LogP contribution in [0.1, 0.15) is 56.9 Å². The fourth-order valence-electron chi connectivity index (χ4n) is 3.98. The van der Waals surface area contributed by atoms with Gasteiger partial charge in [-0.3, -0.25) is 9.52 Å². The minimum atomic E-state index is -0.970. The summed E-state index contributed by atoms with van der Waals surface area (Å²) in [6, 6.07) is 15.2. The van der Waals surface area contributed by atoms with Gasteiger partial charge >= 0.3 is 5.97 Å². The van der Waals surface area contributed by atoms with Crippen molar-refractivity contribution in [2.75, 3.05) is 4.72 Å². The van der Waals surface area contributed by atoms with E-state index in [4.69, 9.17) is 4.52 Å². The normalized spacial score (nSPS) is 11.9. The number of aliphatic carboxylic acids is 1. The summed E-state index contributed by atoms with van der Waals surface area (Å²) in [7, 11) is 0. The van der Waals surface area contributed by atoms with Crippen molar-refractivity contribution in [3.63, 3.8) is 0 Å². The molecule has 2 aromatic carbocycles. The van der Waals surface area contributed by atoms with Crippen molar-refractivity contribution >= 4 is 29.7 Å². The fraction of sp³-hybridized carbons (Fsp3) is 0.393. The van der Waals surface area contributed by atoms with E-state index in [-0.39, 0.29) is 18.4 Å². The lowest BCUT2D eigenvalue weighted by atomic mass is 9.99. The maximum Gasteiger partial charge on any atom is 0.326 e. The highest BCUT2D eigenvalue weighted by molar-refractivity contribution is 8.00. The summed E-state index contributed by atoms with van der Waals surface area (Å²) in [6.07, 6.45) is 1.98. The lowest BCUT2D eigenvalue weighted by Crippen LogP contribution is -2.47. The van der Waals surface area contributed by atoms with Crippen LogP contribution in [0.4, 0.5) is 5.88 Å². The van der Waals surface area contributed by atoms with Crippen molar-refractivity contribution in [2.24, 2.45) is 5.92 Å². The number of anilines is 1. The molecule has 0 bridgehead atoms. The predicted molar refractivity (Wildman–Crippen MR) is 144 cm³/mol. The van der Waals surface area contributed by atoms with Crippen molar-refractivity contribution in [1.29, 1.82) is 0 Å². The molecular weight excluding hydrogens is 474 g/mol. The van der Waals surface area contributed by atoms with Crippen LogP contribution in [0.5, 0.6) is 0 Å². The van der Waals surface area contributed by atoms with Gasteiger partial charge in [0.1, 0.15) is 6.04 Å². The maximum atomic E-state index is 12.9. The van der Waals surface area contributed by atoms with Gasteiger partial charge < -0.3 is 14.5 Å². The predicted octanol–water partition coefficient (Wildman–Crippen LogP) is 6.71. The molecule has 2 N–H and O–H groups in total. The van der Waals surface area contributed by atoms with Gasteiger partial charge in [0.2, 0.25) is 11.8 Å². The van der Waals surface area contributed by atoms with Gasteiger partial charge in [-0.25, -0.2) is 4.79 Å². The molecule has 1 atom stereocenters. The summed E-state index contributed by atoms with van der Waals surface area (Å²) < 4.78 is 8.60. The number of benzene rings is 2. The molecule has 0 radical (unpaired) electrons. The second-order valence-corrected chi connectivity index (χ2v) is 10.1. The topological polar surface area (TPSA) is 95.7 Å². The number of nitrogens with zero attached hydrogens (tertiary/aromatic N) is 2. The van der Waals surface area contributed by atoms with Crippen molar-refractivity contribution in [3.05, 3.63) is 65.4 Å². The Hall–Kier alpha value is -3.26. The molecule has 36 heavy (non-hydrogen) atoms. The zero-order chi connectivity index (χ0) is 26.2. The first-order valence-electron chi connectivity index (χ1n) is 12.3. The number of carboxylic acid groups (broad SMARTS) is 1. The summed E-state index contributed by atoms with van der Waals surface area (Å²) in [5, 5.41) is 13.8. The van der Waals surface area contributed by atoms with Crippen LogP contribution in [0.3, 0.4) is 0 Å². The van der Waals surface area contributed by atoms with Gasteiger partial charge in [-0.1, -0.05) is 74.8 Å². The molecule has 0 aliphatic rings. The average Bonchev–Trinajstić information content (AvgIpc) is 3.18. The minimum absolute atomic E-state index is 0.118. The van der Waals surface area contributed by atoms with Gasteiger partial charge in [0, 0.05) is 23.4 Å². The van der Waals surface area contributed by atoms with Crippen LogP contribution in [-0.2, 0) is 16.1 Å². The third-order valence-electron chi connectivity index (χ3n) is 6.20. The molecule has 1 amide bonds. The molecule has 7 nitrogen and oxygen atoms in total. The number of carbonyl (C=O) groups is 2. The van der Waals surface area contributed by atoms with Crippen molar-refractivity contribution in [1.82, 2.24) is 10.1 Å². The lowest BCUT2D eigenvalue weighted by molar-refractivity contribution is -0.153. The van der Waals surface area contributed by atoms with E-state index in [1.165, 1.54) is 16.8 Å². The summed E-state index contributed by atoms with van der Waals surface area (Å²) in [5.41, 5.74) is 4.80. The van der Waals surface area contributed by atoms with Gasteiger partial charge in [-0.2, -0.15) is 0 Å². The van der Waals surface area contributed by atoms with E-state index in [0.717, 1.165) is 45.7 Å². The maximum absolute atomic E-state index is 12.9. The smallest absolute Gasteiger partial charge is 0.326 e. The van der Waals surface area contributed by atoms with Gasteiger partial charge in [0.05, 0.1) is 5.69 Å². The number of carboxylic acids is 1. The van der Waals surface area contributed by atoms with E-state index in [1.807, 2.05) is 77.1 Å². The lowest BCUT2D eigenvalue weighted by Gasteiger charge is -2.32. The second kappa shape index (κ2) is 12.6. The van der Waals surface area contributed by atoms with Crippen LogP contribution in [0.15, 0.2) is 57.9 Å². The van der Waals surface area contributed by atoms with Gasteiger partial charge in [-0.15, -0.1) is 0 Å². The highest BCUT2D eigenvalue weighted by Crippen LogP contribution is 2.33. The van der Waals surface area contributed by atoms with Crippen LogP contribution >= 0.6 is 11.9 Å². The Kier molecular flexibility index (Phi) is 9.58. The number of hydrogen-bond donors (Lipinski definition) is 2. The van der Waals surface area contributed by atoms with Crippen LogP contribution in [0.2, 0.25) is 0 Å². The summed E-state index contributed by atoms with van der Waals surface area (Å²) >= 11 is 1.46. The minimum Gasteiger partial charge on any atom is -0.480 e. The molecule has 0 saturated carbocycles. The monoisotopic (exact) mass is 509 g/mol. The highest BCUT2D eigenvalue weighted by atomic mass is 32.2. The molecule has 0 saturated heterocycles. The highest BCUT2D eigenvalue weighted by Gasteiger charge is 2.32. The first-order valence-corrected chi connectivity index (χ1v) is 13.1. The molecule has 0 aliphatic heterocycles. The van der Waals surface area contributed by atoms with E-state index < -0.39 is 12.0 Å². The molecule has 1 unspecified atom stereocenters. The second-order valence-electron chi connectivity index (χ2n) is 9.27. The molecule has 1 heterocycles. The Bertz CT molecular complexity index is 1170. The summed E-state index contributed by atoms with van der Waals surface area (Å²) in [4.78, 5) is 27.5. The zero-order valence-corrected chi connectivity index (χ0v) is 22.4. The third-order valence-corrected chi connectivity index (χ3v) is 7.06. The van der Waals surface area contributed by atoms with Crippen LogP contribution in [0.25, 0.3) is 11.1 Å². The first kappa shape index (κ1) is 27.3. The first-order chi connectivity index (χ1) is 17.2. The van der Waals surface area contributed by atoms with Gasteiger partial charge in [0.25, 0.3) is 0 Å². The van der Waals surface area contributed by atoms with Crippen molar-refractivity contribution < 1.29 is 19.2 Å². The number of aromatic nitrogens is 1. The summed E-state index contributed by atoms with van der Waals surface area (Å²) in [6.45, 7) is 9.83. The summed E-state index contributed by atoms with van der Waals surface area (Å²) in [5.74, 6) is -0.649. The number of hydrogen-bond acceptors (Lipinski definition) is 6. The Morgan fingerprint density at radius 3 is 2.39 bits per heavy atom. The average molecular weight is 510 g/mol. The SMILES string of the molecule is CCCCC(=O)N(Cc1ccc(-c2ccccc2SNc2onc(C)c2C)cc1)C(C(=O)O)C(C)C. The van der Waals surface area contributed by atoms with E-state index >= 15 is 0 Å². The molecule has 3 aromatic rings. The van der Waals surface area contributed by atoms with Gasteiger partial charge in [-0.05, 0) is 60.9 Å². The third kappa shape index (κ3) is 6.69. The van der Waals surface area contributed by atoms with Crippen LogP contribution < -0.4 is 4.72 Å². The van der Waals surface area contributed by atoms with E-state index in [1.54, 1.807) is 0 Å². The van der Waals surface area contributed by atoms with Crippen molar-refractivity contribution in [2.45, 2.75) is 71.4 Å². The molecule has 0 aliphatic carbocycles. The number of amides is 1. The number of aryl methyl sites for hydroxylation is 1. The molecular formula is C28H35N3O4S. The Morgan fingerprint density at radius 1 is 1.11 bits per heavy atom. The van der Waals surface area contributed by atoms with Gasteiger partial charge in [0.15, 0.2) is 0 Å². The molecule has 8 heteroatoms. The molecule has 3 rings (SSSR count). The van der Waals surface area contributed by atoms with Crippen LogP contribution in [0, 0.1) is 19.8 Å². The van der Waals surface area contributed by atoms with Crippen LogP contribution in [-0.4, -0.2) is 33.1 Å². The van der Waals surface area contributed by atoms with E-state index in [0.29, 0.717) is 12.3 Å². The molecule has 192 valence electrons. The number of rotatable bonds is 12. The Morgan fingerprint density at radius 2 is 1.81 bits per heavy atom. The quantitative estimate of drug-likeness (QED) is 0.262. The van der Waals surface area contributed by atoms with Crippen molar-refractivity contribution in [3.8, 4) is 11.1 Å². The van der Waals surface area contributed by atoms with E-state index in [9.17, 15) is 14.7 Å². The fourth-order valence-corrected chi connectivity index (χ4v) is 4.82.